The predicted octanol–water partition coefficient (Wildman–Crippen LogP) is 24.9. The Morgan fingerprint density at radius 3 is 0.819 bits per heavy atom. The molecule has 0 heterocycles. The number of rotatable bonds is 79. The highest BCUT2D eigenvalue weighted by Gasteiger charge is 2.29. The zero-order valence-corrected chi connectivity index (χ0v) is 68.2. The maximum atomic E-state index is 13.0. The summed E-state index contributed by atoms with van der Waals surface area (Å²) in [7, 11) is -9.79. The number of hydrogen-bond acceptors (Lipinski definition) is 14. The molecule has 0 fully saturated rings. The van der Waals surface area contributed by atoms with E-state index in [0.29, 0.717) is 19.3 Å². The second kappa shape index (κ2) is 79.5. The Bertz CT molecular complexity index is 2390. The molecule has 0 rings (SSSR count). The lowest BCUT2D eigenvalue weighted by molar-refractivity contribution is -0.161. The molecule has 606 valence electrons. The zero-order chi connectivity index (χ0) is 76.6. The van der Waals surface area contributed by atoms with Crippen LogP contribution in [0.4, 0.5) is 0 Å². The molecule has 16 nitrogen and oxygen atoms in total. The highest BCUT2D eigenvalue weighted by molar-refractivity contribution is 7.47. The summed E-state index contributed by atoms with van der Waals surface area (Å²) in [4.78, 5) is 58.8. The largest absolute Gasteiger partial charge is 0.472 e. The molecule has 0 aliphatic carbocycles. The maximum Gasteiger partial charge on any atom is 0.472 e. The van der Waals surface area contributed by atoms with Gasteiger partial charge in [0.2, 0.25) is 0 Å². The average molecular weight is 1520 g/mol. The van der Waals surface area contributed by atoms with Gasteiger partial charge < -0.3 is 34.2 Å². The van der Waals surface area contributed by atoms with E-state index in [9.17, 15) is 43.5 Å². The van der Waals surface area contributed by atoms with E-state index in [1.54, 1.807) is 0 Å². The fourth-order valence-electron chi connectivity index (χ4n) is 11.3. The quantitative estimate of drug-likeness (QED) is 0.0146. The van der Waals surface area contributed by atoms with Gasteiger partial charge in [0.05, 0.1) is 26.4 Å². The number of phosphoric acid groups is 2. The summed E-state index contributed by atoms with van der Waals surface area (Å²) in [6, 6.07) is 0. The Hall–Kier alpha value is -4.05. The first kappa shape index (κ1) is 101. The van der Waals surface area contributed by atoms with Crippen LogP contribution in [0.2, 0.25) is 0 Å². The van der Waals surface area contributed by atoms with Crippen molar-refractivity contribution in [2.24, 2.45) is 0 Å². The molecule has 18 heteroatoms. The van der Waals surface area contributed by atoms with Crippen LogP contribution in [0.1, 0.15) is 355 Å². The van der Waals surface area contributed by atoms with Crippen LogP contribution < -0.4 is 0 Å². The number of aliphatic hydroxyl groups is 2. The fourth-order valence-corrected chi connectivity index (χ4v) is 12.9. The van der Waals surface area contributed by atoms with Crippen molar-refractivity contribution >= 4 is 33.6 Å². The molecular weight excluding hydrogens is 1360 g/mol. The summed E-state index contributed by atoms with van der Waals surface area (Å²) >= 11 is 0. The standard InChI is InChI=1S/C87H152O16P2/c1-4-7-10-13-16-19-22-25-28-30-32-34-36-38-39-40-41-43-45-46-48-50-53-55-58-61-64-67-70-73-85(90)97-76-82(88)77-99-104(93,94)100-78-83(89)79-101-105(95,96)102-81-84(103-87(92)75-72-69-66-63-60-57-52-27-24-21-18-15-12-9-6-3)80-98-86(91)74-71-68-65-62-59-56-54-51-49-47-44-42-37-35-33-31-29-26-23-20-17-14-11-8-5-2/h7,10,16-17,19-20,25-26,28-29,32-35,38-39,41-44,82-84,88-89H,4-6,8-9,11-15,18,21-24,27,30-31,36-37,40,45-81H2,1-3H3,(H,93,94)(H,95,96)/b10-7-,19-16-,20-17-,28-25-,29-26-,34-32-,35-33-,39-38-,43-41-,44-42-. The summed E-state index contributed by atoms with van der Waals surface area (Å²) in [5, 5.41) is 20.7. The van der Waals surface area contributed by atoms with Crippen molar-refractivity contribution in [1.82, 2.24) is 0 Å². The van der Waals surface area contributed by atoms with E-state index < -0.39 is 91.5 Å². The summed E-state index contributed by atoms with van der Waals surface area (Å²) in [5.74, 6) is -1.57. The molecule has 0 radical (unpaired) electrons. The number of hydrogen-bond donors (Lipinski definition) is 4. The van der Waals surface area contributed by atoms with Crippen molar-refractivity contribution in [1.29, 1.82) is 0 Å². The van der Waals surface area contributed by atoms with Gasteiger partial charge >= 0.3 is 33.6 Å². The van der Waals surface area contributed by atoms with Gasteiger partial charge in [-0.05, 0) is 116 Å². The van der Waals surface area contributed by atoms with Crippen LogP contribution in [0, 0.1) is 0 Å². The van der Waals surface area contributed by atoms with Crippen molar-refractivity contribution in [3.63, 3.8) is 0 Å². The number of allylic oxidation sites excluding steroid dienone is 20. The van der Waals surface area contributed by atoms with E-state index >= 15 is 0 Å². The number of aliphatic hydroxyl groups excluding tert-OH is 2. The van der Waals surface area contributed by atoms with Gasteiger partial charge in [-0.3, -0.25) is 32.5 Å². The summed E-state index contributed by atoms with van der Waals surface area (Å²) in [6.45, 7) is 2.57. The first-order valence-electron chi connectivity index (χ1n) is 41.8. The zero-order valence-electron chi connectivity index (χ0n) is 66.4. The minimum absolute atomic E-state index is 0.106. The number of esters is 3. The lowest BCUT2D eigenvalue weighted by Crippen LogP contribution is -2.30. The van der Waals surface area contributed by atoms with Gasteiger partial charge in [0, 0.05) is 19.3 Å². The first-order chi connectivity index (χ1) is 51.2. The molecular formula is C87H152O16P2. The SMILES string of the molecule is CC/C=C\C/C=C\C/C=C\C/C=C\C/C=C\C/C=C\CCCCCCCCCCCCC(=O)OCC(O)COP(=O)(O)OCC(O)COP(=O)(O)OCC(COC(=O)CCCCCCCCCCC/C=C\C/C=C\C/C=C\C/C=C\CCCCC)OC(=O)CCCCCCCCCCCCCCCCC. The fraction of sp³-hybridized carbons (Fsp3) is 0.736. The molecule has 0 saturated heterocycles. The van der Waals surface area contributed by atoms with Crippen molar-refractivity contribution in [3.8, 4) is 0 Å². The Morgan fingerprint density at radius 1 is 0.276 bits per heavy atom. The highest BCUT2D eigenvalue weighted by atomic mass is 31.2. The van der Waals surface area contributed by atoms with Gasteiger partial charge in [0.25, 0.3) is 0 Å². The topological polar surface area (TPSA) is 231 Å². The van der Waals surface area contributed by atoms with Crippen LogP contribution >= 0.6 is 15.6 Å². The number of phosphoric ester groups is 2. The minimum atomic E-state index is -4.93. The minimum Gasteiger partial charge on any atom is -0.463 e. The van der Waals surface area contributed by atoms with E-state index in [2.05, 4.69) is 142 Å². The predicted molar refractivity (Wildman–Crippen MR) is 436 cm³/mol. The third-order valence-electron chi connectivity index (χ3n) is 17.7. The lowest BCUT2D eigenvalue weighted by Gasteiger charge is -2.21. The number of carbonyl (C=O) groups is 3. The molecule has 0 aromatic rings. The van der Waals surface area contributed by atoms with Crippen LogP contribution in [0.3, 0.4) is 0 Å². The molecule has 105 heavy (non-hydrogen) atoms. The van der Waals surface area contributed by atoms with Gasteiger partial charge in [0.1, 0.15) is 25.4 Å². The van der Waals surface area contributed by atoms with Gasteiger partial charge in [-0.25, -0.2) is 9.13 Å². The summed E-state index contributed by atoms with van der Waals surface area (Å²) in [6.07, 6.45) is 95.2. The van der Waals surface area contributed by atoms with Crippen LogP contribution in [0.5, 0.6) is 0 Å². The second-order valence-corrected chi connectivity index (χ2v) is 30.8. The van der Waals surface area contributed by atoms with E-state index in [1.807, 2.05) is 0 Å². The Kier molecular flexibility index (Phi) is 76.4. The Balaban J connectivity index is 4.54. The maximum absolute atomic E-state index is 13.0. The van der Waals surface area contributed by atoms with Gasteiger partial charge in [-0.15, -0.1) is 0 Å². The number of ether oxygens (including phenoxy) is 3. The molecule has 0 aromatic heterocycles. The summed E-state index contributed by atoms with van der Waals surface area (Å²) < 4.78 is 61.3. The molecule has 0 saturated carbocycles. The molecule has 5 atom stereocenters. The third kappa shape index (κ3) is 80.8. The van der Waals surface area contributed by atoms with Crippen molar-refractivity contribution < 1.29 is 75.8 Å². The van der Waals surface area contributed by atoms with Gasteiger partial charge in [-0.1, -0.05) is 341 Å². The molecule has 5 unspecified atom stereocenters. The Morgan fingerprint density at radius 2 is 0.505 bits per heavy atom. The molecule has 4 N–H and O–H groups in total. The van der Waals surface area contributed by atoms with E-state index in [4.69, 9.17) is 32.3 Å². The summed E-state index contributed by atoms with van der Waals surface area (Å²) in [5.41, 5.74) is 0. The lowest BCUT2D eigenvalue weighted by atomic mass is 10.0. The van der Waals surface area contributed by atoms with Crippen molar-refractivity contribution in [2.45, 2.75) is 373 Å². The highest BCUT2D eigenvalue weighted by Crippen LogP contribution is 2.45. The monoisotopic (exact) mass is 1520 g/mol. The van der Waals surface area contributed by atoms with Crippen LogP contribution in [-0.2, 0) is 55.8 Å². The Labute approximate surface area is 640 Å². The van der Waals surface area contributed by atoms with E-state index in [0.717, 1.165) is 148 Å². The molecule has 0 amide bonds. The molecule has 0 aliphatic rings. The van der Waals surface area contributed by atoms with Gasteiger partial charge in [0.15, 0.2) is 6.10 Å². The average Bonchev–Trinajstić information content (AvgIpc) is 0.913. The van der Waals surface area contributed by atoms with Crippen molar-refractivity contribution in [3.05, 3.63) is 122 Å². The normalized spacial score (nSPS) is 14.5. The molecule has 0 aromatic carbocycles. The number of carbonyl (C=O) groups excluding carboxylic acids is 3. The van der Waals surface area contributed by atoms with E-state index in [-0.39, 0.29) is 19.3 Å². The number of unbranched alkanes of at least 4 members (excludes halogenated alkanes) is 36. The van der Waals surface area contributed by atoms with Crippen LogP contribution in [-0.4, -0.2) is 95.9 Å². The molecule has 0 bridgehead atoms. The third-order valence-corrected chi connectivity index (χ3v) is 19.6. The van der Waals surface area contributed by atoms with Crippen LogP contribution in [0.25, 0.3) is 0 Å². The second-order valence-electron chi connectivity index (χ2n) is 27.9. The van der Waals surface area contributed by atoms with Gasteiger partial charge in [-0.2, -0.15) is 0 Å². The molecule has 0 aliphatic heterocycles. The first-order valence-corrected chi connectivity index (χ1v) is 44.8. The molecule has 0 spiro atoms. The van der Waals surface area contributed by atoms with E-state index in [1.165, 1.54) is 148 Å². The smallest absolute Gasteiger partial charge is 0.463 e. The van der Waals surface area contributed by atoms with Crippen LogP contribution in [0.15, 0.2) is 122 Å². The van der Waals surface area contributed by atoms with Crippen molar-refractivity contribution in [2.75, 3.05) is 39.6 Å².